The Morgan fingerprint density at radius 1 is 1.53 bits per heavy atom. The molecule has 4 nitrogen and oxygen atoms in total. The number of hydrogen-bond acceptors (Lipinski definition) is 3. The molecule has 4 heteroatoms. The molecule has 0 saturated carbocycles. The monoisotopic (exact) mass is 211 g/mol. The molecule has 0 aliphatic carbocycles. The molecule has 2 unspecified atom stereocenters. The third-order valence-corrected chi connectivity index (χ3v) is 2.35. The summed E-state index contributed by atoms with van der Waals surface area (Å²) in [6.45, 7) is 7.75. The van der Waals surface area contributed by atoms with Gasteiger partial charge in [0.15, 0.2) is 0 Å². The van der Waals surface area contributed by atoms with Crippen molar-refractivity contribution in [1.29, 1.82) is 0 Å². The van der Waals surface area contributed by atoms with Gasteiger partial charge in [-0.25, -0.2) is 4.98 Å². The zero-order chi connectivity index (χ0) is 11.3. The molecule has 86 valence electrons. The number of aryl methyl sites for hydroxylation is 1. The molecular weight excluding hydrogens is 190 g/mol. The summed E-state index contributed by atoms with van der Waals surface area (Å²) >= 11 is 0. The van der Waals surface area contributed by atoms with Crippen LogP contribution >= 0.6 is 0 Å². The molecule has 1 aromatic heterocycles. The summed E-state index contributed by atoms with van der Waals surface area (Å²) in [4.78, 5) is 4.31. The SMILES string of the molecule is CCOCC(C)NC(C)c1nccn1C. The summed E-state index contributed by atoms with van der Waals surface area (Å²) in [5, 5.41) is 3.45. The smallest absolute Gasteiger partial charge is 0.125 e. The Bertz CT molecular complexity index is 285. The summed E-state index contributed by atoms with van der Waals surface area (Å²) in [5.74, 6) is 1.05. The number of hydrogen-bond donors (Lipinski definition) is 1. The highest BCUT2D eigenvalue weighted by Crippen LogP contribution is 2.09. The van der Waals surface area contributed by atoms with E-state index in [2.05, 4.69) is 24.1 Å². The summed E-state index contributed by atoms with van der Waals surface area (Å²) in [7, 11) is 2.01. The normalized spacial score (nSPS) is 15.2. The van der Waals surface area contributed by atoms with Crippen LogP contribution in [0.2, 0.25) is 0 Å². The minimum atomic E-state index is 0.250. The molecule has 1 aromatic rings. The van der Waals surface area contributed by atoms with Crippen LogP contribution in [-0.2, 0) is 11.8 Å². The number of imidazole rings is 1. The van der Waals surface area contributed by atoms with Crippen LogP contribution < -0.4 is 5.32 Å². The summed E-state index contributed by atoms with van der Waals surface area (Å²) in [6, 6.07) is 0.595. The maximum Gasteiger partial charge on any atom is 0.125 e. The van der Waals surface area contributed by atoms with Crippen molar-refractivity contribution in [1.82, 2.24) is 14.9 Å². The predicted octanol–water partition coefficient (Wildman–Crippen LogP) is 1.50. The van der Waals surface area contributed by atoms with Gasteiger partial charge >= 0.3 is 0 Å². The fourth-order valence-electron chi connectivity index (χ4n) is 1.64. The molecule has 0 aromatic carbocycles. The van der Waals surface area contributed by atoms with Crippen molar-refractivity contribution in [3.8, 4) is 0 Å². The summed E-state index contributed by atoms with van der Waals surface area (Å²) in [5.41, 5.74) is 0. The predicted molar refractivity (Wildman–Crippen MR) is 60.7 cm³/mol. The van der Waals surface area contributed by atoms with Crippen LogP contribution in [0, 0.1) is 0 Å². The molecule has 0 amide bonds. The number of rotatable bonds is 6. The van der Waals surface area contributed by atoms with Crippen molar-refractivity contribution < 1.29 is 4.74 Å². The molecule has 15 heavy (non-hydrogen) atoms. The third kappa shape index (κ3) is 3.64. The number of aromatic nitrogens is 2. The molecule has 0 aliphatic heterocycles. The van der Waals surface area contributed by atoms with Crippen LogP contribution in [0.3, 0.4) is 0 Å². The Morgan fingerprint density at radius 2 is 2.27 bits per heavy atom. The first-order chi connectivity index (χ1) is 7.15. The number of nitrogens with zero attached hydrogens (tertiary/aromatic N) is 2. The van der Waals surface area contributed by atoms with Crippen LogP contribution in [0.15, 0.2) is 12.4 Å². The van der Waals surface area contributed by atoms with E-state index in [1.54, 1.807) is 0 Å². The fourth-order valence-corrected chi connectivity index (χ4v) is 1.64. The Hall–Kier alpha value is -0.870. The van der Waals surface area contributed by atoms with Gasteiger partial charge in [0.05, 0.1) is 12.6 Å². The minimum Gasteiger partial charge on any atom is -0.380 e. The standard InChI is InChI=1S/C11H21N3O/c1-5-15-8-9(2)13-10(3)11-12-6-7-14(11)4/h6-7,9-10,13H,5,8H2,1-4H3. The van der Waals surface area contributed by atoms with E-state index in [0.717, 1.165) is 19.0 Å². The highest BCUT2D eigenvalue weighted by Gasteiger charge is 2.12. The van der Waals surface area contributed by atoms with Crippen LogP contribution in [0.4, 0.5) is 0 Å². The summed E-state index contributed by atoms with van der Waals surface area (Å²) in [6.07, 6.45) is 3.78. The van der Waals surface area contributed by atoms with Crippen LogP contribution in [0.1, 0.15) is 32.6 Å². The maximum absolute atomic E-state index is 5.35. The second kappa shape index (κ2) is 5.88. The fraction of sp³-hybridized carbons (Fsp3) is 0.727. The third-order valence-electron chi connectivity index (χ3n) is 2.35. The van der Waals surface area contributed by atoms with Crippen molar-refractivity contribution in [3.63, 3.8) is 0 Å². The van der Waals surface area contributed by atoms with Gasteiger partial charge in [0, 0.05) is 32.1 Å². The molecule has 0 fully saturated rings. The largest absolute Gasteiger partial charge is 0.380 e. The average molecular weight is 211 g/mol. The maximum atomic E-state index is 5.35. The topological polar surface area (TPSA) is 39.1 Å². The molecule has 0 radical (unpaired) electrons. The number of nitrogens with one attached hydrogen (secondary N) is 1. The zero-order valence-corrected chi connectivity index (χ0v) is 10.0. The van der Waals surface area contributed by atoms with E-state index in [-0.39, 0.29) is 6.04 Å². The van der Waals surface area contributed by atoms with Gasteiger partial charge in [-0.15, -0.1) is 0 Å². The highest BCUT2D eigenvalue weighted by atomic mass is 16.5. The Kier molecular flexibility index (Phi) is 4.78. The van der Waals surface area contributed by atoms with E-state index in [4.69, 9.17) is 4.74 Å². The van der Waals surface area contributed by atoms with Crippen LogP contribution in [0.25, 0.3) is 0 Å². The first-order valence-corrected chi connectivity index (χ1v) is 5.46. The van der Waals surface area contributed by atoms with Crippen molar-refractivity contribution in [3.05, 3.63) is 18.2 Å². The van der Waals surface area contributed by atoms with E-state index in [0.29, 0.717) is 6.04 Å². The Balaban J connectivity index is 2.42. The first kappa shape index (κ1) is 12.2. The van der Waals surface area contributed by atoms with Crippen molar-refractivity contribution in [2.45, 2.75) is 32.9 Å². The van der Waals surface area contributed by atoms with Crippen molar-refractivity contribution in [2.75, 3.05) is 13.2 Å². The first-order valence-electron chi connectivity index (χ1n) is 5.46. The molecule has 0 saturated heterocycles. The lowest BCUT2D eigenvalue weighted by atomic mass is 10.2. The van der Waals surface area contributed by atoms with Crippen LogP contribution in [0.5, 0.6) is 0 Å². The highest BCUT2D eigenvalue weighted by molar-refractivity contribution is 4.97. The lowest BCUT2D eigenvalue weighted by Gasteiger charge is -2.19. The van der Waals surface area contributed by atoms with Crippen molar-refractivity contribution >= 4 is 0 Å². The van der Waals surface area contributed by atoms with Gasteiger partial charge in [-0.1, -0.05) is 0 Å². The number of ether oxygens (including phenoxy) is 1. The second-order valence-electron chi connectivity index (χ2n) is 3.85. The minimum absolute atomic E-state index is 0.250. The van der Waals surface area contributed by atoms with Gasteiger partial charge < -0.3 is 14.6 Å². The lowest BCUT2D eigenvalue weighted by Crippen LogP contribution is -2.33. The van der Waals surface area contributed by atoms with E-state index in [9.17, 15) is 0 Å². The van der Waals surface area contributed by atoms with Crippen LogP contribution in [-0.4, -0.2) is 28.8 Å². The second-order valence-corrected chi connectivity index (χ2v) is 3.85. The van der Waals surface area contributed by atoms with Crippen molar-refractivity contribution in [2.24, 2.45) is 7.05 Å². The summed E-state index contributed by atoms with van der Waals surface area (Å²) < 4.78 is 7.39. The molecule has 0 bridgehead atoms. The van der Waals surface area contributed by atoms with E-state index >= 15 is 0 Å². The van der Waals surface area contributed by atoms with Gasteiger partial charge in [-0.3, -0.25) is 0 Å². The average Bonchev–Trinajstić information content (AvgIpc) is 2.61. The molecule has 2 atom stereocenters. The van der Waals surface area contributed by atoms with E-state index in [1.807, 2.05) is 30.9 Å². The van der Waals surface area contributed by atoms with Gasteiger partial charge in [-0.2, -0.15) is 0 Å². The van der Waals surface area contributed by atoms with Gasteiger partial charge in [0.1, 0.15) is 5.82 Å². The van der Waals surface area contributed by atoms with E-state index in [1.165, 1.54) is 0 Å². The quantitative estimate of drug-likeness (QED) is 0.775. The molecule has 1 heterocycles. The molecule has 1 N–H and O–H groups in total. The molecular formula is C11H21N3O. The van der Waals surface area contributed by atoms with E-state index < -0.39 is 0 Å². The van der Waals surface area contributed by atoms with Gasteiger partial charge in [0.25, 0.3) is 0 Å². The molecule has 0 spiro atoms. The molecule has 1 rings (SSSR count). The lowest BCUT2D eigenvalue weighted by molar-refractivity contribution is 0.123. The molecule has 0 aliphatic rings. The Morgan fingerprint density at radius 3 is 2.80 bits per heavy atom. The Labute approximate surface area is 91.7 Å². The zero-order valence-electron chi connectivity index (χ0n) is 10.0. The van der Waals surface area contributed by atoms with Gasteiger partial charge in [-0.05, 0) is 20.8 Å². The van der Waals surface area contributed by atoms with Gasteiger partial charge in [0.2, 0.25) is 0 Å².